The molecule has 2 atom stereocenters. The SMILES string of the molecule is O=C(O)C1CCCCC1c1cc(Br)cs1. The Morgan fingerprint density at radius 3 is 2.80 bits per heavy atom. The molecule has 1 aromatic rings. The van der Waals surface area contributed by atoms with Crippen molar-refractivity contribution in [2.45, 2.75) is 31.6 Å². The summed E-state index contributed by atoms with van der Waals surface area (Å²) in [4.78, 5) is 12.4. The summed E-state index contributed by atoms with van der Waals surface area (Å²) >= 11 is 5.09. The molecule has 1 fully saturated rings. The minimum Gasteiger partial charge on any atom is -0.481 e. The number of hydrogen-bond acceptors (Lipinski definition) is 2. The lowest BCUT2D eigenvalue weighted by Crippen LogP contribution is -2.24. The van der Waals surface area contributed by atoms with Gasteiger partial charge in [-0.3, -0.25) is 4.79 Å². The molecule has 1 aliphatic rings. The van der Waals surface area contributed by atoms with Crippen LogP contribution < -0.4 is 0 Å². The number of carboxylic acids is 1. The molecule has 0 bridgehead atoms. The Balaban J connectivity index is 2.21. The van der Waals surface area contributed by atoms with E-state index in [2.05, 4.69) is 22.0 Å². The van der Waals surface area contributed by atoms with Gasteiger partial charge in [0, 0.05) is 20.6 Å². The van der Waals surface area contributed by atoms with Gasteiger partial charge in [-0.15, -0.1) is 11.3 Å². The van der Waals surface area contributed by atoms with Crippen LogP contribution in [0, 0.1) is 5.92 Å². The van der Waals surface area contributed by atoms with Crippen molar-refractivity contribution in [3.05, 3.63) is 20.8 Å². The van der Waals surface area contributed by atoms with Gasteiger partial charge in [-0.05, 0) is 34.8 Å². The first-order valence-corrected chi connectivity index (χ1v) is 6.82. The second kappa shape index (κ2) is 4.66. The highest BCUT2D eigenvalue weighted by atomic mass is 79.9. The first kappa shape index (κ1) is 11.1. The van der Waals surface area contributed by atoms with E-state index in [4.69, 9.17) is 5.11 Å². The average molecular weight is 289 g/mol. The van der Waals surface area contributed by atoms with Gasteiger partial charge in [0.25, 0.3) is 0 Å². The molecule has 1 aromatic heterocycles. The van der Waals surface area contributed by atoms with Crippen LogP contribution in [0.1, 0.15) is 36.5 Å². The van der Waals surface area contributed by atoms with Crippen molar-refractivity contribution >= 4 is 33.2 Å². The van der Waals surface area contributed by atoms with Crippen LogP contribution in [0.3, 0.4) is 0 Å². The van der Waals surface area contributed by atoms with Crippen LogP contribution in [-0.2, 0) is 4.79 Å². The van der Waals surface area contributed by atoms with Crippen LogP contribution in [-0.4, -0.2) is 11.1 Å². The molecule has 1 aliphatic carbocycles. The highest BCUT2D eigenvalue weighted by Gasteiger charge is 2.32. The van der Waals surface area contributed by atoms with E-state index in [0.717, 1.165) is 30.2 Å². The first-order valence-electron chi connectivity index (χ1n) is 5.15. The molecular weight excluding hydrogens is 276 g/mol. The third-order valence-corrected chi connectivity index (χ3v) is 4.86. The summed E-state index contributed by atoms with van der Waals surface area (Å²) in [6.07, 6.45) is 4.06. The summed E-state index contributed by atoms with van der Waals surface area (Å²) in [5.74, 6) is -0.582. The van der Waals surface area contributed by atoms with Gasteiger partial charge in [0.1, 0.15) is 0 Å². The summed E-state index contributed by atoms with van der Waals surface area (Å²) < 4.78 is 1.07. The van der Waals surface area contributed by atoms with E-state index in [0.29, 0.717) is 0 Å². The molecule has 4 heteroatoms. The summed E-state index contributed by atoms with van der Waals surface area (Å²) in [6.45, 7) is 0. The van der Waals surface area contributed by atoms with E-state index in [1.807, 2.05) is 5.38 Å². The molecule has 0 spiro atoms. The number of carboxylic acid groups (broad SMARTS) is 1. The van der Waals surface area contributed by atoms with Gasteiger partial charge < -0.3 is 5.11 Å². The number of aliphatic carboxylic acids is 1. The zero-order chi connectivity index (χ0) is 10.8. The van der Waals surface area contributed by atoms with Crippen molar-refractivity contribution in [2.24, 2.45) is 5.92 Å². The van der Waals surface area contributed by atoms with E-state index >= 15 is 0 Å². The van der Waals surface area contributed by atoms with Crippen LogP contribution in [0.4, 0.5) is 0 Å². The summed E-state index contributed by atoms with van der Waals surface area (Å²) in [7, 11) is 0. The Hall–Kier alpha value is -0.350. The van der Waals surface area contributed by atoms with Crippen LogP contribution in [0.5, 0.6) is 0 Å². The number of carbonyl (C=O) groups is 1. The van der Waals surface area contributed by atoms with Gasteiger partial charge in [0.05, 0.1) is 5.92 Å². The summed E-state index contributed by atoms with van der Waals surface area (Å²) in [6, 6.07) is 2.07. The van der Waals surface area contributed by atoms with Crippen LogP contribution >= 0.6 is 27.3 Å². The van der Waals surface area contributed by atoms with Gasteiger partial charge in [0.2, 0.25) is 0 Å². The number of halogens is 1. The monoisotopic (exact) mass is 288 g/mol. The smallest absolute Gasteiger partial charge is 0.307 e. The topological polar surface area (TPSA) is 37.3 Å². The standard InChI is InChI=1S/C11H13BrO2S/c12-7-5-10(15-6-7)8-3-1-2-4-9(8)11(13)14/h5-6,8-9H,1-4H2,(H,13,14). The number of hydrogen-bond donors (Lipinski definition) is 1. The van der Waals surface area contributed by atoms with Crippen molar-refractivity contribution in [1.82, 2.24) is 0 Å². The van der Waals surface area contributed by atoms with E-state index in [1.54, 1.807) is 11.3 Å². The van der Waals surface area contributed by atoms with E-state index in [-0.39, 0.29) is 11.8 Å². The molecule has 1 N–H and O–H groups in total. The molecule has 2 rings (SSSR count). The number of rotatable bonds is 2. The molecular formula is C11H13BrO2S. The first-order chi connectivity index (χ1) is 7.18. The third kappa shape index (κ3) is 2.42. The summed E-state index contributed by atoms with van der Waals surface area (Å²) in [5.41, 5.74) is 0. The van der Waals surface area contributed by atoms with E-state index in [9.17, 15) is 4.79 Å². The van der Waals surface area contributed by atoms with Gasteiger partial charge in [-0.2, -0.15) is 0 Å². The number of thiophene rings is 1. The lowest BCUT2D eigenvalue weighted by molar-refractivity contribution is -0.143. The van der Waals surface area contributed by atoms with E-state index in [1.165, 1.54) is 4.88 Å². The maximum absolute atomic E-state index is 11.1. The molecule has 0 radical (unpaired) electrons. The molecule has 1 saturated carbocycles. The molecule has 2 unspecified atom stereocenters. The van der Waals surface area contributed by atoms with Crippen molar-refractivity contribution < 1.29 is 9.90 Å². The lowest BCUT2D eigenvalue weighted by Gasteiger charge is -2.27. The van der Waals surface area contributed by atoms with Crippen LogP contribution in [0.2, 0.25) is 0 Å². The maximum Gasteiger partial charge on any atom is 0.307 e. The predicted octanol–water partition coefficient (Wildman–Crippen LogP) is 3.87. The zero-order valence-electron chi connectivity index (χ0n) is 8.28. The lowest BCUT2D eigenvalue weighted by atomic mass is 9.78. The Labute approximate surface area is 101 Å². The molecule has 0 aromatic carbocycles. The van der Waals surface area contributed by atoms with E-state index < -0.39 is 5.97 Å². The Morgan fingerprint density at radius 2 is 2.20 bits per heavy atom. The Kier molecular flexibility index (Phi) is 3.46. The Morgan fingerprint density at radius 1 is 1.47 bits per heavy atom. The van der Waals surface area contributed by atoms with Crippen molar-refractivity contribution in [3.8, 4) is 0 Å². The molecule has 0 aliphatic heterocycles. The fourth-order valence-corrected chi connectivity index (χ4v) is 3.94. The van der Waals surface area contributed by atoms with Gasteiger partial charge >= 0.3 is 5.97 Å². The predicted molar refractivity (Wildman–Crippen MR) is 64.4 cm³/mol. The molecule has 1 heterocycles. The van der Waals surface area contributed by atoms with Gasteiger partial charge in [-0.25, -0.2) is 0 Å². The molecule has 0 amide bonds. The Bertz CT molecular complexity index is 361. The van der Waals surface area contributed by atoms with Gasteiger partial charge in [-0.1, -0.05) is 12.8 Å². The molecule has 82 valence electrons. The minimum absolute atomic E-state index is 0.177. The van der Waals surface area contributed by atoms with Crippen molar-refractivity contribution in [3.63, 3.8) is 0 Å². The second-order valence-corrected chi connectivity index (χ2v) is 5.86. The zero-order valence-corrected chi connectivity index (χ0v) is 10.7. The third-order valence-electron chi connectivity index (χ3n) is 3.04. The average Bonchev–Trinajstić information content (AvgIpc) is 2.65. The molecule has 15 heavy (non-hydrogen) atoms. The fourth-order valence-electron chi connectivity index (χ4n) is 2.29. The largest absolute Gasteiger partial charge is 0.481 e. The quantitative estimate of drug-likeness (QED) is 0.897. The molecule has 2 nitrogen and oxygen atoms in total. The van der Waals surface area contributed by atoms with Gasteiger partial charge in [0.15, 0.2) is 0 Å². The van der Waals surface area contributed by atoms with Crippen LogP contribution in [0.25, 0.3) is 0 Å². The molecule has 0 saturated heterocycles. The fraction of sp³-hybridized carbons (Fsp3) is 0.545. The highest BCUT2D eigenvalue weighted by molar-refractivity contribution is 9.10. The van der Waals surface area contributed by atoms with Crippen molar-refractivity contribution in [2.75, 3.05) is 0 Å². The van der Waals surface area contributed by atoms with Crippen LogP contribution in [0.15, 0.2) is 15.9 Å². The normalized spacial score (nSPS) is 26.5. The maximum atomic E-state index is 11.1. The highest BCUT2D eigenvalue weighted by Crippen LogP contribution is 2.41. The minimum atomic E-state index is -0.635. The second-order valence-electron chi connectivity index (χ2n) is 4.00. The van der Waals surface area contributed by atoms with Crippen molar-refractivity contribution in [1.29, 1.82) is 0 Å². The summed E-state index contributed by atoms with van der Waals surface area (Å²) in [5, 5.41) is 11.2.